The van der Waals surface area contributed by atoms with E-state index in [-0.39, 0.29) is 25.9 Å². The van der Waals surface area contributed by atoms with E-state index in [1.165, 1.54) is 0 Å². The smallest absolute Gasteiger partial charge is 0.335 e. The second-order valence-electron chi connectivity index (χ2n) is 19.8. The summed E-state index contributed by atoms with van der Waals surface area (Å²) in [6.07, 6.45) is 67.8. The lowest BCUT2D eigenvalue weighted by atomic mass is 9.98. The number of esters is 3. The van der Waals surface area contributed by atoms with Gasteiger partial charge in [-0.1, -0.05) is 198 Å². The predicted octanol–water partition coefficient (Wildman–Crippen LogP) is 16.1. The minimum absolute atomic E-state index is 0.00443. The van der Waals surface area contributed by atoms with Crippen molar-refractivity contribution in [2.45, 2.75) is 237 Å². The van der Waals surface area contributed by atoms with Gasteiger partial charge < -0.3 is 39.0 Å². The molecule has 3 N–H and O–H groups in total. The molecule has 81 heavy (non-hydrogen) atoms. The Morgan fingerprint density at radius 2 is 0.741 bits per heavy atom. The molecule has 0 bridgehead atoms. The zero-order valence-electron chi connectivity index (χ0n) is 49.7. The summed E-state index contributed by atoms with van der Waals surface area (Å²) in [5, 5.41) is 31.5. The van der Waals surface area contributed by atoms with Gasteiger partial charge in [0.2, 0.25) is 0 Å². The standard InChI is InChI=1S/C69H104O12/c1-4-7-10-13-16-19-22-25-27-29-31-33-35-38-40-43-46-49-52-55-61(70)77-58-60(79-62(71)56-53-50-47-44-41-37-24-21-18-15-12-9-6-3)59-78-69-67(65(74)64(73)66(81-69)68(75)76)80-63(72)57-54-51-48-45-42-39-36-34-32-30-28-26-23-20-17-14-11-8-5-2/h7-12,16-21,25-28,31-34,37-42,60,64-67,69,73-74H,4-6,13-15,22-24,29-30,35-36,43-59H2,1-3H3,(H,75,76)/b10-7-,11-8-,12-9-,19-16-,20-17-,21-18-,27-25-,28-26-,33-31-,34-32-,40-38-,41-37-,42-39-. The molecule has 452 valence electrons. The maximum absolute atomic E-state index is 13.1. The Morgan fingerprint density at radius 3 is 1.10 bits per heavy atom. The lowest BCUT2D eigenvalue weighted by Gasteiger charge is -2.40. The summed E-state index contributed by atoms with van der Waals surface area (Å²) in [6, 6.07) is 0. The molecule has 1 heterocycles. The van der Waals surface area contributed by atoms with Crippen molar-refractivity contribution in [1.82, 2.24) is 0 Å². The second-order valence-corrected chi connectivity index (χ2v) is 19.8. The average Bonchev–Trinajstić information content (AvgIpc) is 3.45. The van der Waals surface area contributed by atoms with Gasteiger partial charge in [0.05, 0.1) is 6.61 Å². The Hall–Kier alpha value is -5.66. The first-order chi connectivity index (χ1) is 39.6. The maximum Gasteiger partial charge on any atom is 0.335 e. The van der Waals surface area contributed by atoms with Crippen molar-refractivity contribution in [3.63, 3.8) is 0 Å². The van der Waals surface area contributed by atoms with E-state index in [0.717, 1.165) is 141 Å². The van der Waals surface area contributed by atoms with Crippen LogP contribution in [0.3, 0.4) is 0 Å². The van der Waals surface area contributed by atoms with Crippen LogP contribution in [0.5, 0.6) is 0 Å². The average molecular weight is 1130 g/mol. The molecule has 1 saturated heterocycles. The number of carbonyl (C=O) groups excluding carboxylic acids is 3. The predicted molar refractivity (Wildman–Crippen MR) is 330 cm³/mol. The first kappa shape index (κ1) is 73.4. The van der Waals surface area contributed by atoms with Gasteiger partial charge in [-0.15, -0.1) is 0 Å². The Balaban J connectivity index is 2.74. The van der Waals surface area contributed by atoms with Crippen LogP contribution in [0.1, 0.15) is 201 Å². The minimum atomic E-state index is -1.93. The number of aliphatic hydroxyl groups excluding tert-OH is 2. The van der Waals surface area contributed by atoms with Crippen molar-refractivity contribution in [3.05, 3.63) is 158 Å². The number of unbranched alkanes of at least 4 members (excludes halogenated alkanes) is 9. The molecule has 12 nitrogen and oxygen atoms in total. The van der Waals surface area contributed by atoms with E-state index >= 15 is 0 Å². The third-order valence-electron chi connectivity index (χ3n) is 12.6. The summed E-state index contributed by atoms with van der Waals surface area (Å²) in [5.74, 6) is -3.28. The minimum Gasteiger partial charge on any atom is -0.479 e. The van der Waals surface area contributed by atoms with Crippen molar-refractivity contribution in [3.8, 4) is 0 Å². The lowest BCUT2D eigenvalue weighted by molar-refractivity contribution is -0.301. The molecule has 6 atom stereocenters. The monoisotopic (exact) mass is 1120 g/mol. The van der Waals surface area contributed by atoms with E-state index in [1.54, 1.807) is 0 Å². The fourth-order valence-corrected chi connectivity index (χ4v) is 8.02. The van der Waals surface area contributed by atoms with Crippen LogP contribution in [0.25, 0.3) is 0 Å². The fraction of sp³-hybridized carbons (Fsp3) is 0.565. The Morgan fingerprint density at radius 1 is 0.407 bits per heavy atom. The number of ether oxygens (including phenoxy) is 5. The molecule has 0 aromatic heterocycles. The zero-order valence-corrected chi connectivity index (χ0v) is 49.7. The van der Waals surface area contributed by atoms with Gasteiger partial charge in [-0.25, -0.2) is 4.79 Å². The second kappa shape index (κ2) is 54.9. The Labute approximate surface area is 488 Å². The van der Waals surface area contributed by atoms with Gasteiger partial charge in [0.1, 0.15) is 18.8 Å². The van der Waals surface area contributed by atoms with E-state index in [2.05, 4.69) is 179 Å². The first-order valence-corrected chi connectivity index (χ1v) is 30.5. The zero-order chi connectivity index (χ0) is 58.9. The highest BCUT2D eigenvalue weighted by atomic mass is 16.7. The van der Waals surface area contributed by atoms with Gasteiger partial charge in [0.15, 0.2) is 24.6 Å². The van der Waals surface area contributed by atoms with E-state index in [1.807, 2.05) is 0 Å². The van der Waals surface area contributed by atoms with Gasteiger partial charge in [0, 0.05) is 19.3 Å². The van der Waals surface area contributed by atoms with Crippen molar-refractivity contribution >= 4 is 23.9 Å². The SMILES string of the molecule is CC/C=C\C/C=C\C/C=C\C/C=C\C/C=C\CCCCCC(=O)OCC(COC1OC(C(=O)O)C(O)C(O)C1OC(=O)CCCCC/C=C\C/C=C\C/C=C\C/C=C\C/C=C\CC)OC(=O)CCCCC/C=C\C/C=C\C/C=C\CC. The van der Waals surface area contributed by atoms with E-state index in [0.29, 0.717) is 19.3 Å². The summed E-state index contributed by atoms with van der Waals surface area (Å²) < 4.78 is 28.4. The number of aliphatic carboxylic acids is 1. The van der Waals surface area contributed by atoms with Crippen molar-refractivity contribution in [1.29, 1.82) is 0 Å². The molecule has 12 heteroatoms. The highest BCUT2D eigenvalue weighted by Gasteiger charge is 2.50. The van der Waals surface area contributed by atoms with Crippen molar-refractivity contribution in [2.75, 3.05) is 13.2 Å². The third-order valence-corrected chi connectivity index (χ3v) is 12.6. The van der Waals surface area contributed by atoms with Gasteiger partial charge in [0.25, 0.3) is 0 Å². The molecule has 0 radical (unpaired) electrons. The topological polar surface area (TPSA) is 175 Å². The molecule has 0 saturated carbocycles. The molecule has 1 aliphatic rings. The molecule has 1 rings (SSSR count). The molecule has 1 aliphatic heterocycles. The lowest BCUT2D eigenvalue weighted by Crippen LogP contribution is -2.61. The molecule has 0 amide bonds. The van der Waals surface area contributed by atoms with Crippen LogP contribution in [0, 0.1) is 0 Å². The Bertz CT molecular complexity index is 2010. The van der Waals surface area contributed by atoms with E-state index in [9.17, 15) is 34.5 Å². The summed E-state index contributed by atoms with van der Waals surface area (Å²) in [4.78, 5) is 51.2. The normalized spacial score (nSPS) is 18.9. The van der Waals surface area contributed by atoms with Crippen LogP contribution in [-0.2, 0) is 42.9 Å². The Kier molecular flexibility index (Phi) is 49.7. The molecular weight excluding hydrogens is 1020 g/mol. The number of hydrogen-bond donors (Lipinski definition) is 3. The highest BCUT2D eigenvalue weighted by molar-refractivity contribution is 5.74. The van der Waals surface area contributed by atoms with Crippen LogP contribution >= 0.6 is 0 Å². The maximum atomic E-state index is 13.1. The van der Waals surface area contributed by atoms with Crippen LogP contribution in [0.4, 0.5) is 0 Å². The summed E-state index contributed by atoms with van der Waals surface area (Å²) in [6.45, 7) is 5.56. The van der Waals surface area contributed by atoms with Crippen LogP contribution in [-0.4, -0.2) is 89.2 Å². The molecule has 0 aromatic carbocycles. The van der Waals surface area contributed by atoms with Crippen LogP contribution < -0.4 is 0 Å². The number of rotatable bonds is 49. The quantitative estimate of drug-likeness (QED) is 0.0228. The number of aliphatic hydroxyl groups is 2. The number of carbonyl (C=O) groups is 4. The van der Waals surface area contributed by atoms with Crippen molar-refractivity contribution < 1.29 is 58.2 Å². The number of carboxylic acid groups (broad SMARTS) is 1. The van der Waals surface area contributed by atoms with E-state index in [4.69, 9.17) is 23.7 Å². The van der Waals surface area contributed by atoms with Gasteiger partial charge in [-0.3, -0.25) is 14.4 Å². The number of allylic oxidation sites excluding steroid dienone is 26. The van der Waals surface area contributed by atoms with E-state index < -0.39 is 67.3 Å². The van der Waals surface area contributed by atoms with Crippen LogP contribution in [0.2, 0.25) is 0 Å². The molecule has 0 spiro atoms. The summed E-state index contributed by atoms with van der Waals surface area (Å²) in [7, 11) is 0. The summed E-state index contributed by atoms with van der Waals surface area (Å²) >= 11 is 0. The number of hydrogen-bond acceptors (Lipinski definition) is 11. The van der Waals surface area contributed by atoms with Gasteiger partial charge >= 0.3 is 23.9 Å². The molecule has 0 aromatic rings. The molecule has 1 fully saturated rings. The van der Waals surface area contributed by atoms with Crippen molar-refractivity contribution in [2.24, 2.45) is 0 Å². The molecular formula is C69H104O12. The highest BCUT2D eigenvalue weighted by Crippen LogP contribution is 2.26. The van der Waals surface area contributed by atoms with Gasteiger partial charge in [-0.05, 0) is 141 Å². The van der Waals surface area contributed by atoms with Gasteiger partial charge in [-0.2, -0.15) is 0 Å². The molecule has 0 aliphatic carbocycles. The number of carboxylic acids is 1. The third kappa shape index (κ3) is 44.7. The van der Waals surface area contributed by atoms with Crippen LogP contribution in [0.15, 0.2) is 158 Å². The fourth-order valence-electron chi connectivity index (χ4n) is 8.02. The first-order valence-electron chi connectivity index (χ1n) is 30.5. The largest absolute Gasteiger partial charge is 0.479 e. The summed E-state index contributed by atoms with van der Waals surface area (Å²) in [5.41, 5.74) is 0. The molecule has 6 unspecified atom stereocenters.